The van der Waals surface area contributed by atoms with Gasteiger partial charge in [0, 0.05) is 12.6 Å². The highest BCUT2D eigenvalue weighted by molar-refractivity contribution is 5.75. The van der Waals surface area contributed by atoms with Gasteiger partial charge in [-0.05, 0) is 31.3 Å². The second-order valence-corrected chi connectivity index (χ2v) is 3.72. The molecule has 0 unspecified atom stereocenters. The van der Waals surface area contributed by atoms with Crippen LogP contribution in [0.3, 0.4) is 0 Å². The largest absolute Gasteiger partial charge is 0.392 e. The molecule has 0 aliphatic heterocycles. The zero-order valence-electron chi connectivity index (χ0n) is 9.12. The Hall–Kier alpha value is -1.27. The monoisotopic (exact) mass is 207 g/mol. The van der Waals surface area contributed by atoms with Crippen molar-refractivity contribution in [1.82, 2.24) is 4.90 Å². The van der Waals surface area contributed by atoms with Gasteiger partial charge in [0.25, 0.3) is 0 Å². The van der Waals surface area contributed by atoms with Crippen LogP contribution in [0.4, 0.5) is 0 Å². The fraction of sp³-hybridized carbons (Fsp3) is 0.583. The molecule has 3 heteroatoms. The molecule has 3 nitrogen and oxygen atoms in total. The Kier molecular flexibility index (Phi) is 4.38. The molecule has 0 bridgehead atoms. The van der Waals surface area contributed by atoms with E-state index in [0.29, 0.717) is 6.54 Å². The van der Waals surface area contributed by atoms with E-state index in [1.807, 2.05) is 0 Å². The Balaban J connectivity index is 2.94. The van der Waals surface area contributed by atoms with Gasteiger partial charge < -0.3 is 10.0 Å². The van der Waals surface area contributed by atoms with Gasteiger partial charge >= 0.3 is 0 Å². The van der Waals surface area contributed by atoms with Crippen LogP contribution < -0.4 is 0 Å². The lowest BCUT2D eigenvalue weighted by Gasteiger charge is -2.28. The van der Waals surface area contributed by atoms with Crippen LogP contribution in [0.25, 0.3) is 0 Å². The maximum Gasteiger partial charge on any atom is 0.224 e. The van der Waals surface area contributed by atoms with Crippen molar-refractivity contribution >= 4 is 5.91 Å². The van der Waals surface area contributed by atoms with Crippen LogP contribution in [-0.4, -0.2) is 29.1 Å². The van der Waals surface area contributed by atoms with Gasteiger partial charge in [-0.15, -0.1) is 6.42 Å². The Morgan fingerprint density at radius 2 is 2.20 bits per heavy atom. The third-order valence-electron chi connectivity index (χ3n) is 2.70. The second-order valence-electron chi connectivity index (χ2n) is 3.72. The lowest BCUT2D eigenvalue weighted by atomic mass is 9.95. The van der Waals surface area contributed by atoms with Crippen molar-refractivity contribution < 1.29 is 9.90 Å². The average molecular weight is 207 g/mol. The lowest BCUT2D eigenvalue weighted by molar-refractivity contribution is -0.126. The minimum atomic E-state index is -0.0456. The number of carbonyl (C=O) groups excluding carboxylic acids is 1. The SMILES string of the molecule is C#CCN(C(C)=O)C1=C(CO)CCCC1. The maximum absolute atomic E-state index is 11.4. The Bertz CT molecular complexity index is 312. The summed E-state index contributed by atoms with van der Waals surface area (Å²) in [5, 5.41) is 9.21. The van der Waals surface area contributed by atoms with Crippen LogP contribution in [0.1, 0.15) is 32.6 Å². The summed E-state index contributed by atoms with van der Waals surface area (Å²) in [6.45, 7) is 1.84. The lowest BCUT2D eigenvalue weighted by Crippen LogP contribution is -2.31. The van der Waals surface area contributed by atoms with Gasteiger partial charge in [-0.1, -0.05) is 5.92 Å². The first-order valence-corrected chi connectivity index (χ1v) is 5.24. The van der Waals surface area contributed by atoms with Crippen molar-refractivity contribution in [2.24, 2.45) is 0 Å². The molecule has 0 heterocycles. The number of carbonyl (C=O) groups is 1. The second kappa shape index (κ2) is 5.57. The molecular formula is C12H17NO2. The van der Waals surface area contributed by atoms with E-state index in [0.717, 1.165) is 37.0 Å². The molecule has 1 rings (SSSR count). The molecule has 0 saturated carbocycles. The number of allylic oxidation sites excluding steroid dienone is 1. The first kappa shape index (κ1) is 11.8. The predicted octanol–water partition coefficient (Wildman–Crippen LogP) is 1.29. The maximum atomic E-state index is 11.4. The van der Waals surface area contributed by atoms with E-state index in [-0.39, 0.29) is 12.5 Å². The number of aliphatic hydroxyl groups is 1. The van der Waals surface area contributed by atoms with Gasteiger partial charge in [0.2, 0.25) is 5.91 Å². The number of amides is 1. The van der Waals surface area contributed by atoms with Crippen molar-refractivity contribution in [1.29, 1.82) is 0 Å². The standard InChI is InChI=1S/C12H17NO2/c1-3-8-13(10(2)15)12-7-5-4-6-11(12)9-14/h1,14H,4-9H2,2H3. The summed E-state index contributed by atoms with van der Waals surface area (Å²) in [5.74, 6) is 2.43. The van der Waals surface area contributed by atoms with Crippen molar-refractivity contribution in [3.8, 4) is 12.3 Å². The Morgan fingerprint density at radius 1 is 1.53 bits per heavy atom. The van der Waals surface area contributed by atoms with Crippen LogP contribution in [-0.2, 0) is 4.79 Å². The zero-order valence-corrected chi connectivity index (χ0v) is 9.12. The highest BCUT2D eigenvalue weighted by atomic mass is 16.3. The predicted molar refractivity (Wildman–Crippen MR) is 58.8 cm³/mol. The molecule has 0 aromatic heterocycles. The van der Waals surface area contributed by atoms with E-state index >= 15 is 0 Å². The van der Waals surface area contributed by atoms with E-state index in [1.54, 1.807) is 4.90 Å². The third kappa shape index (κ3) is 2.84. The quantitative estimate of drug-likeness (QED) is 0.708. The van der Waals surface area contributed by atoms with Crippen LogP contribution in [0.15, 0.2) is 11.3 Å². The Morgan fingerprint density at radius 3 is 2.73 bits per heavy atom. The average Bonchev–Trinajstić information content (AvgIpc) is 2.25. The fourth-order valence-electron chi connectivity index (χ4n) is 1.94. The molecular weight excluding hydrogens is 190 g/mol. The summed E-state index contributed by atoms with van der Waals surface area (Å²) in [6.07, 6.45) is 9.10. The molecule has 15 heavy (non-hydrogen) atoms. The van der Waals surface area contributed by atoms with Crippen LogP contribution in [0.5, 0.6) is 0 Å². The minimum absolute atomic E-state index is 0.0314. The van der Waals surface area contributed by atoms with Crippen LogP contribution >= 0.6 is 0 Å². The Labute approximate surface area is 90.8 Å². The summed E-state index contributed by atoms with van der Waals surface area (Å²) in [6, 6.07) is 0. The number of nitrogens with zero attached hydrogens (tertiary/aromatic N) is 1. The van der Waals surface area contributed by atoms with Gasteiger partial charge in [-0.25, -0.2) is 0 Å². The minimum Gasteiger partial charge on any atom is -0.392 e. The summed E-state index contributed by atoms with van der Waals surface area (Å²) in [7, 11) is 0. The zero-order chi connectivity index (χ0) is 11.3. The topological polar surface area (TPSA) is 40.5 Å². The van der Waals surface area contributed by atoms with Crippen LogP contribution in [0, 0.1) is 12.3 Å². The molecule has 1 aliphatic carbocycles. The summed E-state index contributed by atoms with van der Waals surface area (Å²) in [4.78, 5) is 13.0. The van der Waals surface area contributed by atoms with Gasteiger partial charge in [0.1, 0.15) is 0 Å². The number of terminal acetylenes is 1. The first-order chi connectivity index (χ1) is 7.20. The molecule has 1 amide bonds. The third-order valence-corrected chi connectivity index (χ3v) is 2.70. The van der Waals surface area contributed by atoms with Crippen molar-refractivity contribution in [2.45, 2.75) is 32.6 Å². The normalized spacial score (nSPS) is 16.1. The van der Waals surface area contributed by atoms with Gasteiger partial charge in [-0.3, -0.25) is 4.79 Å². The van der Waals surface area contributed by atoms with E-state index in [9.17, 15) is 9.90 Å². The number of aliphatic hydroxyl groups excluding tert-OH is 1. The molecule has 0 atom stereocenters. The molecule has 0 spiro atoms. The summed E-state index contributed by atoms with van der Waals surface area (Å²) < 4.78 is 0. The van der Waals surface area contributed by atoms with Crippen molar-refractivity contribution in [3.63, 3.8) is 0 Å². The molecule has 1 aliphatic rings. The van der Waals surface area contributed by atoms with Crippen molar-refractivity contribution in [2.75, 3.05) is 13.2 Å². The molecule has 0 saturated heterocycles. The molecule has 0 aromatic carbocycles. The molecule has 82 valence electrons. The number of hydrogen-bond donors (Lipinski definition) is 1. The van der Waals surface area contributed by atoms with Gasteiger partial charge in [0.05, 0.1) is 13.2 Å². The van der Waals surface area contributed by atoms with Crippen LogP contribution in [0.2, 0.25) is 0 Å². The first-order valence-electron chi connectivity index (χ1n) is 5.24. The highest BCUT2D eigenvalue weighted by Crippen LogP contribution is 2.26. The van der Waals surface area contributed by atoms with E-state index in [2.05, 4.69) is 5.92 Å². The van der Waals surface area contributed by atoms with E-state index in [1.165, 1.54) is 6.92 Å². The van der Waals surface area contributed by atoms with Crippen molar-refractivity contribution in [3.05, 3.63) is 11.3 Å². The fourth-order valence-corrected chi connectivity index (χ4v) is 1.94. The number of hydrogen-bond acceptors (Lipinski definition) is 2. The summed E-state index contributed by atoms with van der Waals surface area (Å²) in [5.41, 5.74) is 1.90. The summed E-state index contributed by atoms with van der Waals surface area (Å²) >= 11 is 0. The molecule has 0 radical (unpaired) electrons. The van der Waals surface area contributed by atoms with E-state index in [4.69, 9.17) is 6.42 Å². The smallest absolute Gasteiger partial charge is 0.224 e. The molecule has 0 aromatic rings. The van der Waals surface area contributed by atoms with Gasteiger partial charge in [0.15, 0.2) is 0 Å². The number of rotatable bonds is 3. The van der Waals surface area contributed by atoms with E-state index < -0.39 is 0 Å². The van der Waals surface area contributed by atoms with Gasteiger partial charge in [-0.2, -0.15) is 0 Å². The molecule has 0 fully saturated rings. The highest BCUT2D eigenvalue weighted by Gasteiger charge is 2.19. The molecule has 1 N–H and O–H groups in total.